The quantitative estimate of drug-likeness (QED) is 0.789. The van der Waals surface area contributed by atoms with Gasteiger partial charge in [-0.2, -0.15) is 5.10 Å². The lowest BCUT2D eigenvalue weighted by Gasteiger charge is -2.16. The van der Waals surface area contributed by atoms with Crippen LogP contribution in [0.2, 0.25) is 0 Å². The van der Waals surface area contributed by atoms with Gasteiger partial charge in [-0.15, -0.1) is 0 Å². The van der Waals surface area contributed by atoms with Crippen LogP contribution in [0.5, 0.6) is 0 Å². The fourth-order valence-corrected chi connectivity index (χ4v) is 3.17. The first-order valence-electron chi connectivity index (χ1n) is 6.66. The van der Waals surface area contributed by atoms with Crippen LogP contribution >= 0.6 is 11.3 Å². The van der Waals surface area contributed by atoms with E-state index in [2.05, 4.69) is 30.9 Å². The number of hydrogen-bond donors (Lipinski definition) is 1. The van der Waals surface area contributed by atoms with Crippen LogP contribution in [0, 0.1) is 5.82 Å². The molecule has 6 heteroatoms. The van der Waals surface area contributed by atoms with Gasteiger partial charge in [0.05, 0.1) is 18.0 Å². The Morgan fingerprint density at radius 1 is 1.24 bits per heavy atom. The highest BCUT2D eigenvalue weighted by Gasteiger charge is 2.25. The maximum Gasteiger partial charge on any atom is 0.213 e. The van der Waals surface area contributed by atoms with Gasteiger partial charge in [0.25, 0.3) is 0 Å². The fourth-order valence-electron chi connectivity index (χ4n) is 2.24. The second-order valence-corrected chi connectivity index (χ2v) is 6.88. The first-order chi connectivity index (χ1) is 9.90. The molecule has 0 spiro atoms. The van der Waals surface area contributed by atoms with Gasteiger partial charge in [-0.25, -0.2) is 13.9 Å². The summed E-state index contributed by atoms with van der Waals surface area (Å²) in [5, 5.41) is 14.9. The van der Waals surface area contributed by atoms with Crippen LogP contribution in [0.15, 0.2) is 24.3 Å². The molecule has 0 unspecified atom stereocenters. The van der Waals surface area contributed by atoms with Crippen molar-refractivity contribution in [1.29, 1.82) is 0 Å². The minimum atomic E-state index is -0.272. The van der Waals surface area contributed by atoms with Crippen molar-refractivity contribution in [1.82, 2.24) is 14.6 Å². The van der Waals surface area contributed by atoms with Crippen molar-refractivity contribution in [2.45, 2.75) is 32.8 Å². The first-order valence-corrected chi connectivity index (χ1v) is 7.47. The average molecular weight is 305 g/mol. The molecule has 0 saturated heterocycles. The maximum atomic E-state index is 13.0. The number of fused-ring (bicyclic) bond motifs is 1. The predicted octanol–water partition coefficient (Wildman–Crippen LogP) is 3.39. The number of rotatable bonds is 2. The molecule has 2 aromatic heterocycles. The third-order valence-electron chi connectivity index (χ3n) is 3.25. The topological polar surface area (TPSA) is 50.4 Å². The SMILES string of the molecule is CC(C)(C)c1nc2sc(-c3ccc(F)cc3)nn2c1CO. The average Bonchev–Trinajstić information content (AvgIpc) is 2.95. The molecule has 3 aromatic rings. The molecule has 0 atom stereocenters. The Hall–Kier alpha value is -1.79. The number of nitrogens with zero attached hydrogens (tertiary/aromatic N) is 3. The molecule has 0 radical (unpaired) electrons. The summed E-state index contributed by atoms with van der Waals surface area (Å²) in [4.78, 5) is 5.34. The van der Waals surface area contributed by atoms with Crippen LogP contribution in [0.25, 0.3) is 15.5 Å². The Morgan fingerprint density at radius 2 is 1.90 bits per heavy atom. The molecule has 3 rings (SSSR count). The van der Waals surface area contributed by atoms with Crippen LogP contribution in [-0.4, -0.2) is 19.7 Å². The van der Waals surface area contributed by atoms with E-state index in [-0.39, 0.29) is 17.8 Å². The lowest BCUT2D eigenvalue weighted by atomic mass is 9.91. The smallest absolute Gasteiger partial charge is 0.213 e. The zero-order chi connectivity index (χ0) is 15.2. The summed E-state index contributed by atoms with van der Waals surface area (Å²) in [6.07, 6.45) is 0. The Bertz CT molecular complexity index is 784. The van der Waals surface area contributed by atoms with Crippen LogP contribution in [0.3, 0.4) is 0 Å². The van der Waals surface area contributed by atoms with E-state index in [4.69, 9.17) is 0 Å². The van der Waals surface area contributed by atoms with E-state index < -0.39 is 0 Å². The van der Waals surface area contributed by atoms with Gasteiger partial charge in [-0.1, -0.05) is 32.1 Å². The summed E-state index contributed by atoms with van der Waals surface area (Å²) < 4.78 is 14.7. The zero-order valence-corrected chi connectivity index (χ0v) is 12.9. The highest BCUT2D eigenvalue weighted by atomic mass is 32.1. The number of imidazole rings is 1. The molecule has 0 aliphatic carbocycles. The molecule has 0 fully saturated rings. The molecule has 1 N–H and O–H groups in total. The molecule has 2 heterocycles. The highest BCUT2D eigenvalue weighted by Crippen LogP contribution is 2.31. The third-order valence-corrected chi connectivity index (χ3v) is 4.21. The summed E-state index contributed by atoms with van der Waals surface area (Å²) in [6, 6.07) is 6.20. The van der Waals surface area contributed by atoms with Crippen molar-refractivity contribution in [2.24, 2.45) is 0 Å². The van der Waals surface area contributed by atoms with Gasteiger partial charge in [0.2, 0.25) is 4.96 Å². The van der Waals surface area contributed by atoms with Gasteiger partial charge in [0.1, 0.15) is 10.8 Å². The summed E-state index contributed by atoms with van der Waals surface area (Å²) in [5.74, 6) is -0.272. The minimum absolute atomic E-state index is 0.111. The van der Waals surface area contributed by atoms with Crippen molar-refractivity contribution < 1.29 is 9.50 Å². The number of benzene rings is 1. The lowest BCUT2D eigenvalue weighted by molar-refractivity contribution is 0.270. The fraction of sp³-hybridized carbons (Fsp3) is 0.333. The Labute approximate surface area is 125 Å². The van der Waals surface area contributed by atoms with Gasteiger partial charge >= 0.3 is 0 Å². The molecule has 21 heavy (non-hydrogen) atoms. The molecule has 4 nitrogen and oxygen atoms in total. The molecule has 0 aliphatic heterocycles. The van der Waals surface area contributed by atoms with E-state index in [1.54, 1.807) is 16.6 Å². The van der Waals surface area contributed by atoms with Gasteiger partial charge < -0.3 is 5.11 Å². The van der Waals surface area contributed by atoms with Gasteiger partial charge in [0, 0.05) is 11.0 Å². The molecule has 0 bridgehead atoms. The van der Waals surface area contributed by atoms with E-state index in [1.807, 2.05) is 0 Å². The molecule has 110 valence electrons. The van der Waals surface area contributed by atoms with Crippen molar-refractivity contribution in [3.05, 3.63) is 41.5 Å². The van der Waals surface area contributed by atoms with Crippen molar-refractivity contribution >= 4 is 16.3 Å². The summed E-state index contributed by atoms with van der Waals surface area (Å²) in [6.45, 7) is 6.05. The Balaban J connectivity index is 2.13. The van der Waals surface area contributed by atoms with E-state index >= 15 is 0 Å². The molecular formula is C15H16FN3OS. The number of halogens is 1. The maximum absolute atomic E-state index is 13.0. The van der Waals surface area contributed by atoms with Crippen LogP contribution in [0.1, 0.15) is 32.2 Å². The second kappa shape index (κ2) is 4.89. The standard InChI is InChI=1S/C15H16FN3OS/c1-15(2,3)12-11(8-20)19-14(17-12)21-13(18-19)9-4-6-10(16)7-5-9/h4-7,20H,8H2,1-3H3. The van der Waals surface area contributed by atoms with E-state index in [9.17, 15) is 9.50 Å². The van der Waals surface area contributed by atoms with Crippen LogP contribution in [0.4, 0.5) is 4.39 Å². The van der Waals surface area contributed by atoms with Crippen molar-refractivity contribution in [2.75, 3.05) is 0 Å². The van der Waals surface area contributed by atoms with Crippen molar-refractivity contribution in [3.8, 4) is 10.6 Å². The van der Waals surface area contributed by atoms with E-state index in [0.717, 1.165) is 21.2 Å². The first kappa shape index (κ1) is 14.2. The summed E-state index contributed by atoms with van der Waals surface area (Å²) >= 11 is 1.43. The summed E-state index contributed by atoms with van der Waals surface area (Å²) in [7, 11) is 0. The van der Waals surface area contributed by atoms with E-state index in [0.29, 0.717) is 5.69 Å². The molecule has 0 saturated carbocycles. The Morgan fingerprint density at radius 3 is 2.48 bits per heavy atom. The number of aromatic nitrogens is 3. The van der Waals surface area contributed by atoms with Gasteiger partial charge in [0.15, 0.2) is 0 Å². The van der Waals surface area contributed by atoms with Crippen LogP contribution in [-0.2, 0) is 12.0 Å². The predicted molar refractivity (Wildman–Crippen MR) is 80.9 cm³/mol. The van der Waals surface area contributed by atoms with E-state index in [1.165, 1.54) is 23.5 Å². The largest absolute Gasteiger partial charge is 0.390 e. The Kier molecular flexibility index (Phi) is 3.30. The summed E-state index contributed by atoms with van der Waals surface area (Å²) in [5.41, 5.74) is 2.26. The minimum Gasteiger partial charge on any atom is -0.390 e. The molecular weight excluding hydrogens is 289 g/mol. The molecule has 0 amide bonds. The normalized spacial score (nSPS) is 12.2. The third kappa shape index (κ3) is 2.45. The zero-order valence-electron chi connectivity index (χ0n) is 12.1. The highest BCUT2D eigenvalue weighted by molar-refractivity contribution is 7.19. The van der Waals surface area contributed by atoms with Crippen molar-refractivity contribution in [3.63, 3.8) is 0 Å². The van der Waals surface area contributed by atoms with Crippen LogP contribution < -0.4 is 0 Å². The second-order valence-electron chi connectivity index (χ2n) is 5.92. The van der Waals surface area contributed by atoms with Gasteiger partial charge in [-0.05, 0) is 24.3 Å². The number of aliphatic hydroxyl groups is 1. The molecule has 1 aromatic carbocycles. The number of hydrogen-bond acceptors (Lipinski definition) is 4. The van der Waals surface area contributed by atoms with Gasteiger partial charge in [-0.3, -0.25) is 0 Å². The monoisotopic (exact) mass is 305 g/mol. The number of aliphatic hydroxyl groups excluding tert-OH is 1. The lowest BCUT2D eigenvalue weighted by Crippen LogP contribution is -2.15. The molecule has 0 aliphatic rings.